The van der Waals surface area contributed by atoms with Crippen LogP contribution in [0.5, 0.6) is 0 Å². The lowest BCUT2D eigenvalue weighted by atomic mass is 10.1. The van der Waals surface area contributed by atoms with Crippen LogP contribution in [0.4, 0.5) is 11.4 Å². The van der Waals surface area contributed by atoms with Gasteiger partial charge in [0.05, 0.1) is 17.1 Å². The molecule has 1 aliphatic rings. The summed E-state index contributed by atoms with van der Waals surface area (Å²) >= 11 is 7.02. The molecule has 0 saturated heterocycles. The van der Waals surface area contributed by atoms with Gasteiger partial charge in [-0.1, -0.05) is 43.3 Å². The number of rotatable bonds is 5. The fraction of sp³-hybridized carbons (Fsp3) is 0.263. The van der Waals surface area contributed by atoms with Crippen molar-refractivity contribution in [3.05, 3.63) is 48.0 Å². The maximum absolute atomic E-state index is 5.23. The third-order valence-corrected chi connectivity index (χ3v) is 5.30. The fourth-order valence-electron chi connectivity index (χ4n) is 2.48. The van der Waals surface area contributed by atoms with Gasteiger partial charge in [0, 0.05) is 16.3 Å². The first-order valence-corrected chi connectivity index (χ1v) is 9.66. The van der Waals surface area contributed by atoms with Crippen molar-refractivity contribution in [3.8, 4) is 0 Å². The maximum Gasteiger partial charge on any atom is 0.186 e. The summed E-state index contributed by atoms with van der Waals surface area (Å²) in [4.78, 5) is 2.47. The van der Waals surface area contributed by atoms with E-state index in [2.05, 4.69) is 64.5 Å². The minimum atomic E-state index is 0.563. The van der Waals surface area contributed by atoms with Crippen LogP contribution in [-0.2, 0) is 0 Å². The van der Waals surface area contributed by atoms with Crippen molar-refractivity contribution in [3.63, 3.8) is 0 Å². The molecule has 130 valence electrons. The summed E-state index contributed by atoms with van der Waals surface area (Å²) in [6, 6.07) is 14.7. The van der Waals surface area contributed by atoms with Crippen molar-refractivity contribution >= 4 is 46.2 Å². The molecular weight excluding hydrogens is 348 g/mol. The minimum absolute atomic E-state index is 0.563. The zero-order valence-corrected chi connectivity index (χ0v) is 16.1. The molecule has 1 heterocycles. The SMILES string of the molecule is CCCCNC(=S)N/N=C(/C)c1ccc2c(c1)Nc1ccccc1S2. The van der Waals surface area contributed by atoms with Crippen molar-refractivity contribution in [2.45, 2.75) is 36.5 Å². The molecule has 4 nitrogen and oxygen atoms in total. The van der Waals surface area contributed by atoms with E-state index in [1.165, 1.54) is 9.79 Å². The standard InChI is InChI=1S/C19H22N4S2/c1-3-4-11-20-19(24)23-22-13(2)14-9-10-18-16(12-14)21-15-7-5-6-8-17(15)25-18/h5-10,12,21H,3-4,11H2,1-2H3,(H2,20,23,24)/b22-13-. The molecule has 2 aromatic carbocycles. The molecule has 3 rings (SSSR count). The van der Waals surface area contributed by atoms with Crippen LogP contribution in [-0.4, -0.2) is 17.4 Å². The minimum Gasteiger partial charge on any atom is -0.361 e. The number of hydrogen-bond acceptors (Lipinski definition) is 4. The Labute approximate surface area is 158 Å². The Balaban J connectivity index is 1.68. The van der Waals surface area contributed by atoms with Crippen molar-refractivity contribution in [1.29, 1.82) is 0 Å². The van der Waals surface area contributed by atoms with Gasteiger partial charge >= 0.3 is 0 Å². The van der Waals surface area contributed by atoms with Crippen LogP contribution in [0.3, 0.4) is 0 Å². The Morgan fingerprint density at radius 1 is 1.16 bits per heavy atom. The molecule has 0 unspecified atom stereocenters. The number of thiocarbonyl (C=S) groups is 1. The molecule has 3 N–H and O–H groups in total. The van der Waals surface area contributed by atoms with Gasteiger partial charge < -0.3 is 10.6 Å². The number of benzene rings is 2. The van der Waals surface area contributed by atoms with Crippen molar-refractivity contribution in [1.82, 2.24) is 10.7 Å². The maximum atomic E-state index is 5.23. The van der Waals surface area contributed by atoms with Gasteiger partial charge in [-0.2, -0.15) is 5.10 Å². The summed E-state index contributed by atoms with van der Waals surface area (Å²) in [6.45, 7) is 5.00. The first-order valence-electron chi connectivity index (χ1n) is 8.44. The van der Waals surface area contributed by atoms with Crippen LogP contribution in [0, 0.1) is 0 Å². The molecule has 1 aliphatic heterocycles. The van der Waals surface area contributed by atoms with E-state index < -0.39 is 0 Å². The number of fused-ring (bicyclic) bond motifs is 2. The molecule has 0 atom stereocenters. The van der Waals surface area contributed by atoms with E-state index in [9.17, 15) is 0 Å². The predicted octanol–water partition coefficient (Wildman–Crippen LogP) is 4.88. The van der Waals surface area contributed by atoms with Crippen LogP contribution < -0.4 is 16.1 Å². The van der Waals surface area contributed by atoms with Gasteiger partial charge in [0.15, 0.2) is 5.11 Å². The Hall–Kier alpha value is -2.05. The van der Waals surface area contributed by atoms with Crippen LogP contribution >= 0.6 is 24.0 Å². The van der Waals surface area contributed by atoms with E-state index >= 15 is 0 Å². The Morgan fingerprint density at radius 3 is 2.80 bits per heavy atom. The molecular formula is C19H22N4S2. The molecule has 0 bridgehead atoms. The molecule has 25 heavy (non-hydrogen) atoms. The highest BCUT2D eigenvalue weighted by Crippen LogP contribution is 2.44. The largest absolute Gasteiger partial charge is 0.361 e. The van der Waals surface area contributed by atoms with Crippen LogP contribution in [0.15, 0.2) is 57.4 Å². The van der Waals surface area contributed by atoms with E-state index in [4.69, 9.17) is 12.2 Å². The van der Waals surface area contributed by atoms with E-state index in [1.807, 2.05) is 13.0 Å². The van der Waals surface area contributed by atoms with E-state index in [1.54, 1.807) is 11.8 Å². The second kappa shape index (κ2) is 8.36. The number of hydrogen-bond donors (Lipinski definition) is 3. The van der Waals surface area contributed by atoms with Gasteiger partial charge in [0.1, 0.15) is 0 Å². The molecule has 0 amide bonds. The zero-order chi connectivity index (χ0) is 17.6. The predicted molar refractivity (Wildman–Crippen MR) is 111 cm³/mol. The highest BCUT2D eigenvalue weighted by Gasteiger charge is 2.15. The fourth-order valence-corrected chi connectivity index (χ4v) is 3.60. The monoisotopic (exact) mass is 370 g/mol. The Morgan fingerprint density at radius 2 is 1.96 bits per heavy atom. The smallest absolute Gasteiger partial charge is 0.186 e. The van der Waals surface area contributed by atoms with E-state index in [-0.39, 0.29) is 0 Å². The Kier molecular flexibility index (Phi) is 5.94. The number of nitrogens with one attached hydrogen (secondary N) is 3. The van der Waals surface area contributed by atoms with Crippen molar-refractivity contribution in [2.24, 2.45) is 5.10 Å². The van der Waals surface area contributed by atoms with Gasteiger partial charge in [-0.15, -0.1) is 0 Å². The Bertz CT molecular complexity index is 802. The van der Waals surface area contributed by atoms with Gasteiger partial charge in [-0.25, -0.2) is 0 Å². The highest BCUT2D eigenvalue weighted by molar-refractivity contribution is 7.99. The molecule has 0 spiro atoms. The molecule has 0 saturated carbocycles. The summed E-state index contributed by atoms with van der Waals surface area (Å²) in [7, 11) is 0. The first-order chi connectivity index (χ1) is 12.2. The number of unbranched alkanes of at least 4 members (excludes halogenated alkanes) is 1. The summed E-state index contributed by atoms with van der Waals surface area (Å²) in [5.41, 5.74) is 7.13. The molecule has 0 fully saturated rings. The number of nitrogens with zero attached hydrogens (tertiary/aromatic N) is 1. The molecule has 0 radical (unpaired) electrons. The van der Waals surface area contributed by atoms with Gasteiger partial charge in [0.2, 0.25) is 0 Å². The van der Waals surface area contributed by atoms with Crippen molar-refractivity contribution in [2.75, 3.05) is 11.9 Å². The molecule has 6 heteroatoms. The highest BCUT2D eigenvalue weighted by atomic mass is 32.2. The molecule has 0 aromatic heterocycles. The molecule has 2 aromatic rings. The summed E-state index contributed by atoms with van der Waals surface area (Å²) < 4.78 is 0. The van der Waals surface area contributed by atoms with E-state index in [0.717, 1.165) is 42.0 Å². The topological polar surface area (TPSA) is 48.5 Å². The third kappa shape index (κ3) is 4.52. The lowest BCUT2D eigenvalue weighted by molar-refractivity contribution is 0.745. The second-order valence-electron chi connectivity index (χ2n) is 5.85. The number of para-hydroxylation sites is 1. The average molecular weight is 371 g/mol. The number of hydrazone groups is 1. The lowest BCUT2D eigenvalue weighted by Gasteiger charge is -2.21. The lowest BCUT2D eigenvalue weighted by Crippen LogP contribution is -2.33. The average Bonchev–Trinajstić information content (AvgIpc) is 2.64. The summed E-state index contributed by atoms with van der Waals surface area (Å²) in [5.74, 6) is 0. The van der Waals surface area contributed by atoms with Gasteiger partial charge in [0.25, 0.3) is 0 Å². The van der Waals surface area contributed by atoms with Gasteiger partial charge in [-0.05, 0) is 55.4 Å². The number of anilines is 2. The summed E-state index contributed by atoms with van der Waals surface area (Å²) in [6.07, 6.45) is 2.24. The van der Waals surface area contributed by atoms with Crippen LogP contribution in [0.1, 0.15) is 32.3 Å². The second-order valence-corrected chi connectivity index (χ2v) is 7.34. The normalized spacial score (nSPS) is 12.6. The van der Waals surface area contributed by atoms with Crippen LogP contribution in [0.2, 0.25) is 0 Å². The van der Waals surface area contributed by atoms with Gasteiger partial charge in [-0.3, -0.25) is 5.43 Å². The van der Waals surface area contributed by atoms with Crippen LogP contribution in [0.25, 0.3) is 0 Å². The zero-order valence-electron chi connectivity index (χ0n) is 14.4. The summed E-state index contributed by atoms with van der Waals surface area (Å²) in [5, 5.41) is 11.6. The third-order valence-electron chi connectivity index (χ3n) is 3.91. The van der Waals surface area contributed by atoms with E-state index in [0.29, 0.717) is 5.11 Å². The molecule has 0 aliphatic carbocycles. The quantitative estimate of drug-likeness (QED) is 0.259. The van der Waals surface area contributed by atoms with Crippen molar-refractivity contribution < 1.29 is 0 Å². The first kappa shape index (κ1) is 17.8.